The molecule has 0 aliphatic carbocycles. The molecule has 0 bridgehead atoms. The Bertz CT molecular complexity index is 748. The third-order valence-corrected chi connectivity index (χ3v) is 4.49. The second-order valence-electron chi connectivity index (χ2n) is 6.52. The Morgan fingerprint density at radius 1 is 1.26 bits per heavy atom. The van der Waals surface area contributed by atoms with Gasteiger partial charge in [0.25, 0.3) is 5.91 Å². The fraction of sp³-hybridized carbons (Fsp3) is 0.421. The molecule has 7 nitrogen and oxygen atoms in total. The van der Waals surface area contributed by atoms with Gasteiger partial charge in [0, 0.05) is 25.8 Å². The van der Waals surface area contributed by atoms with E-state index in [9.17, 15) is 9.18 Å². The van der Waals surface area contributed by atoms with E-state index in [-0.39, 0.29) is 17.6 Å². The molecule has 144 valence electrons. The summed E-state index contributed by atoms with van der Waals surface area (Å²) in [5, 5.41) is 3.11. The van der Waals surface area contributed by atoms with Crippen molar-refractivity contribution in [2.75, 3.05) is 31.5 Å². The van der Waals surface area contributed by atoms with Crippen LogP contribution in [0.5, 0.6) is 5.75 Å². The first kappa shape index (κ1) is 19.0. The number of primary amides is 1. The van der Waals surface area contributed by atoms with Crippen molar-refractivity contribution in [2.24, 2.45) is 5.73 Å². The number of piperidine rings is 1. The summed E-state index contributed by atoms with van der Waals surface area (Å²) < 4.78 is 18.8. The summed E-state index contributed by atoms with van der Waals surface area (Å²) in [5.74, 6) is 0.318. The minimum atomic E-state index is -0.564. The van der Waals surface area contributed by atoms with Crippen LogP contribution in [0.25, 0.3) is 0 Å². The molecule has 0 spiro atoms. The monoisotopic (exact) mass is 373 g/mol. The molecular formula is C19H24FN5O2. The van der Waals surface area contributed by atoms with Crippen molar-refractivity contribution >= 4 is 11.9 Å². The van der Waals surface area contributed by atoms with Crippen molar-refractivity contribution in [3.8, 4) is 5.75 Å². The number of amides is 1. The number of carbonyl (C=O) groups excluding carboxylic acids is 1. The maximum Gasteiger partial charge on any atom is 0.267 e. The molecule has 1 amide bonds. The van der Waals surface area contributed by atoms with Crippen LogP contribution < -0.4 is 15.8 Å². The van der Waals surface area contributed by atoms with Gasteiger partial charge in [0.1, 0.15) is 23.4 Å². The molecule has 1 aliphatic rings. The van der Waals surface area contributed by atoms with Crippen LogP contribution in [0.3, 0.4) is 0 Å². The molecule has 27 heavy (non-hydrogen) atoms. The second kappa shape index (κ2) is 9.27. The van der Waals surface area contributed by atoms with Gasteiger partial charge in [-0.3, -0.25) is 4.79 Å². The average Bonchev–Trinajstić information content (AvgIpc) is 2.68. The maximum atomic E-state index is 12.9. The molecule has 2 aromatic rings. The summed E-state index contributed by atoms with van der Waals surface area (Å²) in [7, 11) is 0. The van der Waals surface area contributed by atoms with E-state index in [0.29, 0.717) is 12.5 Å². The molecule has 1 fully saturated rings. The zero-order valence-corrected chi connectivity index (χ0v) is 15.1. The molecule has 1 aromatic carbocycles. The van der Waals surface area contributed by atoms with Crippen molar-refractivity contribution < 1.29 is 13.9 Å². The van der Waals surface area contributed by atoms with Crippen molar-refractivity contribution in [1.29, 1.82) is 0 Å². The number of halogens is 1. The smallest absolute Gasteiger partial charge is 0.267 e. The summed E-state index contributed by atoms with van der Waals surface area (Å²) in [5.41, 5.74) is 5.42. The van der Waals surface area contributed by atoms with Gasteiger partial charge < -0.3 is 20.7 Å². The van der Waals surface area contributed by atoms with E-state index in [4.69, 9.17) is 10.5 Å². The largest absolute Gasteiger partial charge is 0.490 e. The summed E-state index contributed by atoms with van der Waals surface area (Å²) in [6.07, 6.45) is 4.53. The van der Waals surface area contributed by atoms with Crippen LogP contribution in [-0.4, -0.2) is 53.1 Å². The minimum Gasteiger partial charge on any atom is -0.490 e. The Balaban J connectivity index is 1.33. The predicted octanol–water partition coefficient (Wildman–Crippen LogP) is 2.06. The Hall–Kier alpha value is -2.74. The van der Waals surface area contributed by atoms with Gasteiger partial charge in [0.05, 0.1) is 0 Å². The third kappa shape index (κ3) is 5.89. The molecule has 2 heterocycles. The standard InChI is InChI=1S/C19H24FN5O2/c20-14-2-4-15(5-3-14)27-16-7-12-25(13-8-16)11-1-9-22-19-23-10-6-17(24-19)18(21)26/h2-6,10,16H,1,7-9,11-13H2,(H2,21,26)(H,22,23,24). The fourth-order valence-electron chi connectivity index (χ4n) is 3.04. The third-order valence-electron chi connectivity index (χ3n) is 4.49. The van der Waals surface area contributed by atoms with Gasteiger partial charge in [-0.2, -0.15) is 0 Å². The predicted molar refractivity (Wildman–Crippen MR) is 100 cm³/mol. The molecule has 0 saturated carbocycles. The number of hydrogen-bond donors (Lipinski definition) is 2. The van der Waals surface area contributed by atoms with Crippen LogP contribution in [0.4, 0.5) is 10.3 Å². The van der Waals surface area contributed by atoms with Crippen LogP contribution >= 0.6 is 0 Å². The Morgan fingerprint density at radius 3 is 2.70 bits per heavy atom. The Morgan fingerprint density at radius 2 is 2.00 bits per heavy atom. The summed E-state index contributed by atoms with van der Waals surface area (Å²) >= 11 is 0. The number of aromatic nitrogens is 2. The first-order valence-electron chi connectivity index (χ1n) is 9.11. The number of ether oxygens (including phenoxy) is 1. The van der Waals surface area contributed by atoms with Crippen LogP contribution in [0.15, 0.2) is 36.5 Å². The molecule has 0 radical (unpaired) electrons. The lowest BCUT2D eigenvalue weighted by atomic mass is 10.1. The normalized spacial score (nSPS) is 15.4. The maximum absolute atomic E-state index is 12.9. The van der Waals surface area contributed by atoms with Crippen LogP contribution in [-0.2, 0) is 0 Å². The topological polar surface area (TPSA) is 93.4 Å². The van der Waals surface area contributed by atoms with Crippen LogP contribution in [0.1, 0.15) is 29.8 Å². The summed E-state index contributed by atoms with van der Waals surface area (Å²) in [4.78, 5) is 21.7. The van der Waals surface area contributed by atoms with E-state index in [1.807, 2.05) is 0 Å². The highest BCUT2D eigenvalue weighted by atomic mass is 19.1. The highest BCUT2D eigenvalue weighted by Gasteiger charge is 2.20. The molecular weight excluding hydrogens is 349 g/mol. The molecule has 0 unspecified atom stereocenters. The molecule has 1 aromatic heterocycles. The Labute approximate surface area is 157 Å². The number of anilines is 1. The highest BCUT2D eigenvalue weighted by molar-refractivity contribution is 5.90. The van der Waals surface area contributed by atoms with Crippen molar-refractivity contribution in [3.05, 3.63) is 48.0 Å². The lowest BCUT2D eigenvalue weighted by molar-refractivity contribution is 0.0994. The van der Waals surface area contributed by atoms with Gasteiger partial charge in [-0.15, -0.1) is 0 Å². The minimum absolute atomic E-state index is 0.176. The average molecular weight is 373 g/mol. The number of carbonyl (C=O) groups is 1. The first-order chi connectivity index (χ1) is 13.1. The molecule has 3 N–H and O–H groups in total. The number of benzene rings is 1. The zero-order chi connectivity index (χ0) is 19.1. The molecule has 0 atom stereocenters. The summed E-state index contributed by atoms with van der Waals surface area (Å²) in [6.45, 7) is 3.62. The number of nitrogens with zero attached hydrogens (tertiary/aromatic N) is 3. The van der Waals surface area contributed by atoms with Crippen molar-refractivity contribution in [2.45, 2.75) is 25.4 Å². The number of likely N-dealkylation sites (tertiary alicyclic amines) is 1. The van der Waals surface area contributed by atoms with E-state index in [1.54, 1.807) is 12.1 Å². The quantitative estimate of drug-likeness (QED) is 0.688. The molecule has 1 saturated heterocycles. The van der Waals surface area contributed by atoms with E-state index in [1.165, 1.54) is 24.4 Å². The molecule has 1 aliphatic heterocycles. The van der Waals surface area contributed by atoms with E-state index in [0.717, 1.165) is 44.6 Å². The van der Waals surface area contributed by atoms with E-state index in [2.05, 4.69) is 20.2 Å². The fourth-order valence-corrected chi connectivity index (χ4v) is 3.04. The lowest BCUT2D eigenvalue weighted by Gasteiger charge is -2.32. The zero-order valence-electron chi connectivity index (χ0n) is 15.1. The summed E-state index contributed by atoms with van der Waals surface area (Å²) in [6, 6.07) is 7.66. The lowest BCUT2D eigenvalue weighted by Crippen LogP contribution is -2.39. The number of hydrogen-bond acceptors (Lipinski definition) is 6. The van der Waals surface area contributed by atoms with Gasteiger partial charge in [-0.1, -0.05) is 0 Å². The number of nitrogens with two attached hydrogens (primary N) is 1. The first-order valence-corrected chi connectivity index (χ1v) is 9.11. The van der Waals surface area contributed by atoms with Crippen molar-refractivity contribution in [1.82, 2.24) is 14.9 Å². The van der Waals surface area contributed by atoms with Gasteiger partial charge in [-0.05, 0) is 56.1 Å². The molecule has 8 heteroatoms. The van der Waals surface area contributed by atoms with Gasteiger partial charge >= 0.3 is 0 Å². The van der Waals surface area contributed by atoms with Gasteiger partial charge in [0.2, 0.25) is 5.95 Å². The van der Waals surface area contributed by atoms with Gasteiger partial charge in [-0.25, -0.2) is 14.4 Å². The van der Waals surface area contributed by atoms with Gasteiger partial charge in [0.15, 0.2) is 0 Å². The number of rotatable bonds is 8. The van der Waals surface area contributed by atoms with Crippen LogP contribution in [0.2, 0.25) is 0 Å². The van der Waals surface area contributed by atoms with Crippen LogP contribution in [0, 0.1) is 5.82 Å². The van der Waals surface area contributed by atoms with E-state index >= 15 is 0 Å². The highest BCUT2D eigenvalue weighted by Crippen LogP contribution is 2.19. The number of nitrogens with one attached hydrogen (secondary N) is 1. The SMILES string of the molecule is NC(=O)c1ccnc(NCCCN2CCC(Oc3ccc(F)cc3)CC2)n1. The molecule has 3 rings (SSSR count). The second-order valence-corrected chi connectivity index (χ2v) is 6.52. The Kier molecular flexibility index (Phi) is 6.54. The van der Waals surface area contributed by atoms with E-state index < -0.39 is 5.91 Å². The van der Waals surface area contributed by atoms with Crippen molar-refractivity contribution in [3.63, 3.8) is 0 Å².